The highest BCUT2D eigenvalue weighted by Gasteiger charge is 2.04. The predicted octanol–water partition coefficient (Wildman–Crippen LogP) is 2.08. The van der Waals surface area contributed by atoms with Gasteiger partial charge in [0.2, 0.25) is 5.95 Å². The number of rotatable bonds is 6. The van der Waals surface area contributed by atoms with Gasteiger partial charge in [-0.25, -0.2) is 10.4 Å². The molecule has 1 aromatic carbocycles. The lowest BCUT2D eigenvalue weighted by atomic mass is 10.2. The van der Waals surface area contributed by atoms with Crippen LogP contribution in [0.15, 0.2) is 40.2 Å². The molecule has 0 unspecified atom stereocenters. The quantitative estimate of drug-likeness (QED) is 0.481. The third-order valence-corrected chi connectivity index (χ3v) is 2.77. The molecule has 0 fully saturated rings. The number of non-ortho nitro benzene ring substituents is 1. The Balaban J connectivity index is 2.11. The highest BCUT2D eigenvalue weighted by Crippen LogP contribution is 2.11. The van der Waals surface area contributed by atoms with Crippen LogP contribution in [-0.2, 0) is 6.42 Å². The monoisotopic (exact) mass is 301 g/mol. The molecule has 0 saturated heterocycles. The third kappa shape index (κ3) is 4.23. The highest BCUT2D eigenvalue weighted by molar-refractivity contribution is 5.81. The molecule has 0 aliphatic rings. The second-order valence-electron chi connectivity index (χ2n) is 4.56. The molecule has 0 bridgehead atoms. The van der Waals surface area contributed by atoms with Crippen LogP contribution < -0.4 is 11.0 Å². The number of aryl methyl sites for hydroxylation is 1. The first kappa shape index (κ1) is 15.4. The summed E-state index contributed by atoms with van der Waals surface area (Å²) >= 11 is 0. The van der Waals surface area contributed by atoms with Crippen LogP contribution in [0.3, 0.4) is 0 Å². The SMILES string of the molecule is CCCc1cc(=O)[nH]c(N/N=C/c2cccc([N+](=O)[O-])c2)n1. The van der Waals surface area contributed by atoms with Gasteiger partial charge >= 0.3 is 0 Å². The normalized spacial score (nSPS) is 10.8. The minimum absolute atomic E-state index is 0.0135. The average Bonchev–Trinajstić information content (AvgIpc) is 2.47. The second-order valence-corrected chi connectivity index (χ2v) is 4.56. The summed E-state index contributed by atoms with van der Waals surface area (Å²) in [5.74, 6) is 0.234. The fourth-order valence-electron chi connectivity index (χ4n) is 1.83. The number of aromatic nitrogens is 2. The molecule has 0 spiro atoms. The van der Waals surface area contributed by atoms with Crippen LogP contribution in [0, 0.1) is 10.1 Å². The zero-order chi connectivity index (χ0) is 15.9. The van der Waals surface area contributed by atoms with Crippen molar-refractivity contribution in [3.63, 3.8) is 0 Å². The second kappa shape index (κ2) is 7.11. The van der Waals surface area contributed by atoms with Gasteiger partial charge < -0.3 is 0 Å². The van der Waals surface area contributed by atoms with Crippen molar-refractivity contribution in [1.29, 1.82) is 0 Å². The summed E-state index contributed by atoms with van der Waals surface area (Å²) in [5.41, 5.74) is 3.59. The van der Waals surface area contributed by atoms with E-state index in [0.717, 1.165) is 6.42 Å². The summed E-state index contributed by atoms with van der Waals surface area (Å²) in [6.07, 6.45) is 3.00. The largest absolute Gasteiger partial charge is 0.291 e. The van der Waals surface area contributed by atoms with Gasteiger partial charge in [-0.2, -0.15) is 5.10 Å². The fraction of sp³-hybridized carbons (Fsp3) is 0.214. The Hall–Kier alpha value is -3.03. The van der Waals surface area contributed by atoms with Crippen molar-refractivity contribution >= 4 is 17.9 Å². The minimum Gasteiger partial charge on any atom is -0.291 e. The van der Waals surface area contributed by atoms with E-state index in [1.54, 1.807) is 12.1 Å². The van der Waals surface area contributed by atoms with E-state index in [0.29, 0.717) is 17.7 Å². The minimum atomic E-state index is -0.474. The molecule has 2 aromatic rings. The molecule has 0 radical (unpaired) electrons. The number of hydrazone groups is 1. The number of H-pyrrole nitrogens is 1. The van der Waals surface area contributed by atoms with Crippen LogP contribution in [0.5, 0.6) is 0 Å². The van der Waals surface area contributed by atoms with E-state index in [2.05, 4.69) is 20.5 Å². The van der Waals surface area contributed by atoms with Crippen molar-refractivity contribution in [2.45, 2.75) is 19.8 Å². The van der Waals surface area contributed by atoms with Gasteiger partial charge in [-0.1, -0.05) is 25.5 Å². The number of nitrogens with zero attached hydrogens (tertiary/aromatic N) is 3. The molecule has 0 aliphatic carbocycles. The predicted molar refractivity (Wildman–Crippen MR) is 83.2 cm³/mol. The molecule has 8 nitrogen and oxygen atoms in total. The Morgan fingerprint density at radius 2 is 2.27 bits per heavy atom. The molecule has 0 aliphatic heterocycles. The lowest BCUT2D eigenvalue weighted by molar-refractivity contribution is -0.384. The summed E-state index contributed by atoms with van der Waals surface area (Å²) in [7, 11) is 0. The number of anilines is 1. The molecule has 0 amide bonds. The number of aromatic amines is 1. The van der Waals surface area contributed by atoms with E-state index < -0.39 is 4.92 Å². The van der Waals surface area contributed by atoms with Crippen molar-refractivity contribution in [1.82, 2.24) is 9.97 Å². The maximum atomic E-state index is 11.5. The number of nitrogens with one attached hydrogen (secondary N) is 2. The van der Waals surface area contributed by atoms with Crippen LogP contribution in [0.1, 0.15) is 24.6 Å². The van der Waals surface area contributed by atoms with Gasteiger partial charge in [0.05, 0.1) is 11.1 Å². The summed E-state index contributed by atoms with van der Waals surface area (Å²) in [5, 5.41) is 14.6. The maximum Gasteiger partial charge on any atom is 0.270 e. The van der Waals surface area contributed by atoms with E-state index in [1.165, 1.54) is 24.4 Å². The zero-order valence-corrected chi connectivity index (χ0v) is 11.9. The van der Waals surface area contributed by atoms with E-state index in [4.69, 9.17) is 0 Å². The van der Waals surface area contributed by atoms with E-state index in [1.807, 2.05) is 6.92 Å². The van der Waals surface area contributed by atoms with E-state index in [-0.39, 0.29) is 17.2 Å². The van der Waals surface area contributed by atoms with Crippen LogP contribution in [0.25, 0.3) is 0 Å². The van der Waals surface area contributed by atoms with Crippen molar-refractivity contribution in [3.8, 4) is 0 Å². The van der Waals surface area contributed by atoms with Gasteiger partial charge in [-0.15, -0.1) is 0 Å². The summed E-state index contributed by atoms with van der Waals surface area (Å²) in [6.45, 7) is 2.00. The van der Waals surface area contributed by atoms with Gasteiger partial charge in [0, 0.05) is 29.5 Å². The molecule has 1 heterocycles. The lowest BCUT2D eigenvalue weighted by Crippen LogP contribution is -2.11. The first-order valence-electron chi connectivity index (χ1n) is 6.72. The van der Waals surface area contributed by atoms with E-state index >= 15 is 0 Å². The highest BCUT2D eigenvalue weighted by atomic mass is 16.6. The smallest absolute Gasteiger partial charge is 0.270 e. The van der Waals surface area contributed by atoms with Crippen molar-refractivity contribution in [2.24, 2.45) is 5.10 Å². The fourth-order valence-corrected chi connectivity index (χ4v) is 1.83. The first-order valence-corrected chi connectivity index (χ1v) is 6.72. The molecule has 8 heteroatoms. The maximum absolute atomic E-state index is 11.5. The Bertz CT molecular complexity index is 754. The standard InChI is InChI=1S/C14H15N5O3/c1-2-4-11-8-13(20)17-14(16-11)18-15-9-10-5-3-6-12(7-10)19(21)22/h3,5-9H,2,4H2,1H3,(H2,16,17,18,20)/b15-9+. The van der Waals surface area contributed by atoms with Crippen molar-refractivity contribution in [2.75, 3.05) is 5.43 Å². The topological polar surface area (TPSA) is 113 Å². The molecule has 114 valence electrons. The third-order valence-electron chi connectivity index (χ3n) is 2.77. The van der Waals surface area contributed by atoms with Crippen LogP contribution >= 0.6 is 0 Å². The lowest BCUT2D eigenvalue weighted by Gasteiger charge is -2.02. The van der Waals surface area contributed by atoms with Gasteiger partial charge in [0.15, 0.2) is 0 Å². The first-order chi connectivity index (χ1) is 10.6. The molecule has 22 heavy (non-hydrogen) atoms. The Kier molecular flexibility index (Phi) is 4.97. The molecule has 0 atom stereocenters. The van der Waals surface area contributed by atoms with Crippen LogP contribution in [0.2, 0.25) is 0 Å². The van der Waals surface area contributed by atoms with Gasteiger partial charge in [0.25, 0.3) is 11.2 Å². The van der Waals surface area contributed by atoms with Crippen molar-refractivity contribution in [3.05, 3.63) is 62.1 Å². The van der Waals surface area contributed by atoms with Crippen LogP contribution in [-0.4, -0.2) is 21.1 Å². The molecular weight excluding hydrogens is 286 g/mol. The molecule has 2 rings (SSSR count). The molecular formula is C14H15N5O3. The van der Waals surface area contributed by atoms with Gasteiger partial charge in [-0.05, 0) is 6.42 Å². The molecule has 1 aromatic heterocycles. The Morgan fingerprint density at radius 3 is 3.00 bits per heavy atom. The summed E-state index contributed by atoms with van der Waals surface area (Å²) in [4.78, 5) is 28.4. The number of hydrogen-bond donors (Lipinski definition) is 2. The Labute approximate surface area is 126 Å². The number of nitro benzene ring substituents is 1. The molecule has 0 saturated carbocycles. The zero-order valence-electron chi connectivity index (χ0n) is 11.9. The van der Waals surface area contributed by atoms with Gasteiger partial charge in [-0.3, -0.25) is 19.9 Å². The molecule has 2 N–H and O–H groups in total. The average molecular weight is 301 g/mol. The van der Waals surface area contributed by atoms with Crippen molar-refractivity contribution < 1.29 is 4.92 Å². The van der Waals surface area contributed by atoms with Gasteiger partial charge in [0.1, 0.15) is 0 Å². The Morgan fingerprint density at radius 1 is 1.45 bits per heavy atom. The van der Waals surface area contributed by atoms with E-state index in [9.17, 15) is 14.9 Å². The number of nitro groups is 1. The number of hydrogen-bond acceptors (Lipinski definition) is 6. The summed E-state index contributed by atoms with van der Waals surface area (Å²) in [6, 6.07) is 7.50. The van der Waals surface area contributed by atoms with Crippen LogP contribution in [0.4, 0.5) is 11.6 Å². The summed E-state index contributed by atoms with van der Waals surface area (Å²) < 4.78 is 0. The number of benzene rings is 1.